The van der Waals surface area contributed by atoms with Gasteiger partial charge in [-0.25, -0.2) is 8.42 Å². The van der Waals surface area contributed by atoms with Crippen LogP contribution >= 0.6 is 0 Å². The number of ether oxygens (including phenoxy) is 1. The number of sulfonamides is 1. The molecule has 118 valence electrons. The lowest BCUT2D eigenvalue weighted by Crippen LogP contribution is -2.50. The van der Waals surface area contributed by atoms with E-state index in [4.69, 9.17) is 10.5 Å². The number of aryl methyl sites for hydroxylation is 1. The van der Waals surface area contributed by atoms with E-state index in [1.807, 2.05) is 0 Å². The zero-order valence-electron chi connectivity index (χ0n) is 11.9. The molecule has 9 nitrogen and oxygen atoms in total. The van der Waals surface area contributed by atoms with Gasteiger partial charge in [0.15, 0.2) is 5.82 Å². The lowest BCUT2D eigenvalue weighted by atomic mass is 10.3. The van der Waals surface area contributed by atoms with Gasteiger partial charge in [0, 0.05) is 26.3 Å². The van der Waals surface area contributed by atoms with Gasteiger partial charge < -0.3 is 15.4 Å². The van der Waals surface area contributed by atoms with Crippen LogP contribution in [-0.4, -0.2) is 61.4 Å². The minimum atomic E-state index is -3.89. The summed E-state index contributed by atoms with van der Waals surface area (Å²) in [6.45, 7) is 3.34. The maximum absolute atomic E-state index is 12.2. The summed E-state index contributed by atoms with van der Waals surface area (Å²) in [4.78, 5) is 13.6. The Morgan fingerprint density at radius 2 is 2.10 bits per heavy atom. The van der Waals surface area contributed by atoms with Gasteiger partial charge in [-0.1, -0.05) is 0 Å². The molecule has 21 heavy (non-hydrogen) atoms. The molecule has 1 fully saturated rings. The van der Waals surface area contributed by atoms with Gasteiger partial charge in [-0.2, -0.15) is 9.82 Å². The summed E-state index contributed by atoms with van der Waals surface area (Å²) in [5.74, 6) is -0.389. The van der Waals surface area contributed by atoms with Gasteiger partial charge in [-0.05, 0) is 6.92 Å². The lowest BCUT2D eigenvalue weighted by molar-refractivity contribution is -0.136. The predicted octanol–water partition coefficient (Wildman–Crippen LogP) is -1.47. The standard InChI is InChI=1S/C11H19N5O4S/c1-8(11(17)16-3-5-20-6-4-16)14-21(18,19)9-7-15(2)13-10(9)12/h7-8,14H,3-6H2,1-2H3,(H2,12,13). The number of nitrogen functional groups attached to an aromatic ring is 1. The van der Waals surface area contributed by atoms with Crippen molar-refractivity contribution in [2.24, 2.45) is 7.05 Å². The number of anilines is 1. The van der Waals surface area contributed by atoms with Crippen molar-refractivity contribution in [2.45, 2.75) is 17.9 Å². The third-order valence-electron chi connectivity index (χ3n) is 3.14. The molecule has 1 atom stereocenters. The third kappa shape index (κ3) is 3.52. The Balaban J connectivity index is 2.09. The van der Waals surface area contributed by atoms with E-state index in [0.717, 1.165) is 0 Å². The smallest absolute Gasteiger partial charge is 0.246 e. The Morgan fingerprint density at radius 3 is 2.62 bits per heavy atom. The van der Waals surface area contributed by atoms with Crippen LogP contribution in [0.1, 0.15) is 6.92 Å². The number of carbonyl (C=O) groups is 1. The number of nitrogens with one attached hydrogen (secondary N) is 1. The highest BCUT2D eigenvalue weighted by atomic mass is 32.2. The predicted molar refractivity (Wildman–Crippen MR) is 74.8 cm³/mol. The van der Waals surface area contributed by atoms with Crippen LogP contribution in [0.25, 0.3) is 0 Å². The number of carbonyl (C=O) groups excluding carboxylic acids is 1. The minimum Gasteiger partial charge on any atom is -0.381 e. The highest BCUT2D eigenvalue weighted by molar-refractivity contribution is 7.89. The molecule has 10 heteroatoms. The number of nitrogens with zero attached hydrogens (tertiary/aromatic N) is 3. The van der Waals surface area contributed by atoms with Crippen molar-refractivity contribution in [3.05, 3.63) is 6.20 Å². The maximum atomic E-state index is 12.2. The first-order valence-corrected chi connectivity index (χ1v) is 7.97. The van der Waals surface area contributed by atoms with E-state index in [1.165, 1.54) is 17.8 Å². The van der Waals surface area contributed by atoms with Gasteiger partial charge in [-0.3, -0.25) is 9.48 Å². The van der Waals surface area contributed by atoms with Gasteiger partial charge in [0.2, 0.25) is 15.9 Å². The summed E-state index contributed by atoms with van der Waals surface area (Å²) < 4.78 is 33.2. The van der Waals surface area contributed by atoms with Gasteiger partial charge in [0.05, 0.1) is 19.3 Å². The van der Waals surface area contributed by atoms with Crippen LogP contribution in [-0.2, 0) is 26.6 Å². The SMILES string of the molecule is CC(NS(=O)(=O)c1cn(C)nc1N)C(=O)N1CCOCC1. The fraction of sp³-hybridized carbons (Fsp3) is 0.636. The van der Waals surface area contributed by atoms with Crippen molar-refractivity contribution >= 4 is 21.7 Å². The molecule has 1 amide bonds. The van der Waals surface area contributed by atoms with Gasteiger partial charge in [0.1, 0.15) is 4.90 Å². The largest absolute Gasteiger partial charge is 0.381 e. The highest BCUT2D eigenvalue weighted by Gasteiger charge is 2.28. The third-order valence-corrected chi connectivity index (χ3v) is 4.69. The summed E-state index contributed by atoms with van der Waals surface area (Å²) in [5, 5.41) is 3.78. The molecule has 1 aliphatic heterocycles. The molecule has 1 aromatic rings. The molecule has 2 rings (SSSR count). The number of nitrogens with two attached hydrogens (primary N) is 1. The second-order valence-corrected chi connectivity index (χ2v) is 6.52. The van der Waals surface area contributed by atoms with Crippen LogP contribution in [0.3, 0.4) is 0 Å². The fourth-order valence-electron chi connectivity index (χ4n) is 2.10. The van der Waals surface area contributed by atoms with E-state index in [0.29, 0.717) is 26.3 Å². The van der Waals surface area contributed by atoms with Crippen LogP contribution in [0.15, 0.2) is 11.1 Å². The molecule has 1 saturated heterocycles. The van der Waals surface area contributed by atoms with Gasteiger partial charge in [0.25, 0.3) is 0 Å². The molecule has 0 aromatic carbocycles. The van der Waals surface area contributed by atoms with Crippen molar-refractivity contribution in [3.63, 3.8) is 0 Å². The fourth-order valence-corrected chi connectivity index (χ4v) is 3.40. The van der Waals surface area contributed by atoms with Crippen molar-refractivity contribution in [3.8, 4) is 0 Å². The number of morpholine rings is 1. The van der Waals surface area contributed by atoms with Crippen molar-refractivity contribution < 1.29 is 17.9 Å². The topological polar surface area (TPSA) is 120 Å². The first-order valence-electron chi connectivity index (χ1n) is 6.49. The first-order chi connectivity index (χ1) is 9.81. The summed E-state index contributed by atoms with van der Waals surface area (Å²) in [5.41, 5.74) is 5.56. The van der Waals surface area contributed by atoms with E-state index >= 15 is 0 Å². The monoisotopic (exact) mass is 317 g/mol. The lowest BCUT2D eigenvalue weighted by Gasteiger charge is -2.29. The second-order valence-electron chi connectivity index (χ2n) is 4.83. The van der Waals surface area contributed by atoms with E-state index in [-0.39, 0.29) is 16.6 Å². The van der Waals surface area contributed by atoms with Gasteiger partial charge in [-0.15, -0.1) is 0 Å². The Morgan fingerprint density at radius 1 is 1.48 bits per heavy atom. The molecular formula is C11H19N5O4S. The molecule has 0 bridgehead atoms. The Hall–Kier alpha value is -1.65. The molecule has 1 aliphatic rings. The van der Waals surface area contributed by atoms with Crippen molar-refractivity contribution in [1.82, 2.24) is 19.4 Å². The molecule has 0 saturated carbocycles. The van der Waals surface area contributed by atoms with Crippen LogP contribution in [0, 0.1) is 0 Å². The van der Waals surface area contributed by atoms with Crippen molar-refractivity contribution in [1.29, 1.82) is 0 Å². The molecule has 0 aliphatic carbocycles. The number of hydrogen-bond acceptors (Lipinski definition) is 6. The minimum absolute atomic E-state index is 0.101. The summed E-state index contributed by atoms with van der Waals surface area (Å²) in [6, 6.07) is -0.882. The Kier molecular flexibility index (Phi) is 4.49. The summed E-state index contributed by atoms with van der Waals surface area (Å²) in [6.07, 6.45) is 1.30. The van der Waals surface area contributed by atoms with Crippen LogP contribution < -0.4 is 10.5 Å². The second kappa shape index (κ2) is 6.00. The molecule has 0 radical (unpaired) electrons. The molecule has 1 unspecified atom stereocenters. The van der Waals surface area contributed by atoms with E-state index in [2.05, 4.69) is 9.82 Å². The molecule has 3 N–H and O–H groups in total. The van der Waals surface area contributed by atoms with Crippen LogP contribution in [0.4, 0.5) is 5.82 Å². The Bertz CT molecular complexity index is 621. The number of aromatic nitrogens is 2. The first kappa shape index (κ1) is 15.7. The number of hydrogen-bond donors (Lipinski definition) is 2. The average Bonchev–Trinajstić information content (AvgIpc) is 2.78. The quantitative estimate of drug-likeness (QED) is 0.699. The molecule has 1 aromatic heterocycles. The van der Waals surface area contributed by atoms with E-state index < -0.39 is 16.1 Å². The van der Waals surface area contributed by atoms with E-state index in [9.17, 15) is 13.2 Å². The van der Waals surface area contributed by atoms with Gasteiger partial charge >= 0.3 is 0 Å². The zero-order chi connectivity index (χ0) is 15.6. The highest BCUT2D eigenvalue weighted by Crippen LogP contribution is 2.16. The summed E-state index contributed by atoms with van der Waals surface area (Å²) in [7, 11) is -2.32. The normalized spacial score (nSPS) is 17.7. The average molecular weight is 317 g/mol. The van der Waals surface area contributed by atoms with E-state index in [1.54, 1.807) is 11.9 Å². The summed E-state index contributed by atoms with van der Waals surface area (Å²) >= 11 is 0. The molecule has 0 spiro atoms. The maximum Gasteiger partial charge on any atom is 0.246 e. The van der Waals surface area contributed by atoms with Crippen LogP contribution in [0.2, 0.25) is 0 Å². The number of rotatable bonds is 4. The number of amides is 1. The molecular weight excluding hydrogens is 298 g/mol. The van der Waals surface area contributed by atoms with Crippen LogP contribution in [0.5, 0.6) is 0 Å². The van der Waals surface area contributed by atoms with Crippen molar-refractivity contribution in [2.75, 3.05) is 32.0 Å². The zero-order valence-corrected chi connectivity index (χ0v) is 12.8. The molecule has 2 heterocycles. The Labute approximate surface area is 123 Å².